The molecule has 2 aliphatic rings. The number of H-pyrrole nitrogens is 1. The number of ether oxygens (including phenoxy) is 1. The minimum atomic E-state index is -0.768. The number of nitrogens with one attached hydrogen (secondary N) is 3. The minimum Gasteiger partial charge on any atom is -0.388 e. The van der Waals surface area contributed by atoms with Crippen LogP contribution in [0.2, 0.25) is 0 Å². The summed E-state index contributed by atoms with van der Waals surface area (Å²) >= 11 is 0. The van der Waals surface area contributed by atoms with Gasteiger partial charge in [0.15, 0.2) is 0 Å². The molecule has 3 heterocycles. The Morgan fingerprint density at radius 1 is 1.32 bits per heavy atom. The number of carbonyl (C=O) groups is 1. The Labute approximate surface area is 163 Å². The van der Waals surface area contributed by atoms with Crippen molar-refractivity contribution in [2.24, 2.45) is 0 Å². The molecule has 1 amide bonds. The van der Waals surface area contributed by atoms with E-state index in [9.17, 15) is 14.7 Å². The van der Waals surface area contributed by atoms with E-state index in [1.54, 1.807) is 4.57 Å². The Morgan fingerprint density at radius 3 is 2.86 bits per heavy atom. The number of hydrogen-bond acceptors (Lipinski definition) is 5. The molecule has 152 valence electrons. The van der Waals surface area contributed by atoms with Crippen LogP contribution >= 0.6 is 0 Å². The summed E-state index contributed by atoms with van der Waals surface area (Å²) in [6, 6.07) is 7.42. The van der Waals surface area contributed by atoms with E-state index >= 15 is 0 Å². The summed E-state index contributed by atoms with van der Waals surface area (Å²) in [5.74, 6) is -0.176. The molecule has 0 aliphatic carbocycles. The van der Waals surface area contributed by atoms with Gasteiger partial charge in [-0.2, -0.15) is 0 Å². The number of carbonyl (C=O) groups excluding carboxylic acids is 1. The molecule has 28 heavy (non-hydrogen) atoms. The first-order valence-electron chi connectivity index (χ1n) is 9.95. The van der Waals surface area contributed by atoms with Crippen molar-refractivity contribution < 1.29 is 14.6 Å². The first kappa shape index (κ1) is 19.2. The number of imidazole rings is 1. The van der Waals surface area contributed by atoms with Crippen LogP contribution in [0.4, 0.5) is 0 Å². The maximum Gasteiger partial charge on any atom is 0.326 e. The van der Waals surface area contributed by atoms with Crippen LogP contribution in [-0.2, 0) is 16.1 Å². The molecule has 1 aromatic heterocycles. The summed E-state index contributed by atoms with van der Waals surface area (Å²) in [5, 5.41) is 17.4. The largest absolute Gasteiger partial charge is 0.388 e. The lowest BCUT2D eigenvalue weighted by Gasteiger charge is -2.52. The molecule has 1 aromatic carbocycles. The molecule has 2 atom stereocenters. The molecule has 0 bridgehead atoms. The third kappa shape index (κ3) is 3.36. The van der Waals surface area contributed by atoms with Crippen LogP contribution in [0.25, 0.3) is 11.0 Å². The van der Waals surface area contributed by atoms with Crippen molar-refractivity contribution in [1.82, 2.24) is 20.2 Å². The molecule has 0 saturated carbocycles. The van der Waals surface area contributed by atoms with Crippen LogP contribution in [0.5, 0.6) is 0 Å². The quantitative estimate of drug-likeness (QED) is 0.610. The summed E-state index contributed by atoms with van der Waals surface area (Å²) in [6.07, 6.45) is 1.41. The van der Waals surface area contributed by atoms with Crippen molar-refractivity contribution in [1.29, 1.82) is 0 Å². The van der Waals surface area contributed by atoms with Gasteiger partial charge in [-0.3, -0.25) is 9.36 Å². The van der Waals surface area contributed by atoms with Crippen LogP contribution in [0.3, 0.4) is 0 Å². The average Bonchev–Trinajstić information content (AvgIpc) is 3.00. The zero-order valence-corrected chi connectivity index (χ0v) is 16.2. The Bertz CT molecular complexity index is 909. The van der Waals surface area contributed by atoms with E-state index in [2.05, 4.69) is 15.6 Å². The van der Waals surface area contributed by atoms with Crippen LogP contribution < -0.4 is 16.3 Å². The summed E-state index contributed by atoms with van der Waals surface area (Å²) in [6.45, 7) is 4.27. The number of aromatic amines is 1. The lowest BCUT2D eigenvalue weighted by molar-refractivity contribution is -0.200. The number of rotatable bonds is 4. The maximum atomic E-state index is 12.7. The van der Waals surface area contributed by atoms with Gasteiger partial charge in [0.2, 0.25) is 5.91 Å². The van der Waals surface area contributed by atoms with E-state index in [-0.39, 0.29) is 24.6 Å². The molecule has 2 aromatic rings. The van der Waals surface area contributed by atoms with Gasteiger partial charge in [0, 0.05) is 19.6 Å². The number of nitrogens with zero attached hydrogens (tertiary/aromatic N) is 1. The number of benzene rings is 1. The topological polar surface area (TPSA) is 108 Å². The van der Waals surface area contributed by atoms with E-state index in [1.807, 2.05) is 31.2 Å². The van der Waals surface area contributed by atoms with Gasteiger partial charge in [-0.05, 0) is 51.4 Å². The number of para-hydroxylation sites is 2. The Balaban J connectivity index is 1.44. The SMILES string of the molecule is C[C@@]1(NC(=O)CCn2c(=O)[nH]c3ccccc32)CCOC2(CCNCC2)[C@H]1O. The summed E-state index contributed by atoms with van der Waals surface area (Å²) in [5.41, 5.74) is -0.0178. The number of piperidine rings is 1. The first-order valence-corrected chi connectivity index (χ1v) is 9.95. The van der Waals surface area contributed by atoms with E-state index < -0.39 is 17.2 Å². The molecule has 0 radical (unpaired) electrons. The van der Waals surface area contributed by atoms with Gasteiger partial charge >= 0.3 is 5.69 Å². The molecule has 1 spiro atoms. The minimum absolute atomic E-state index is 0.166. The standard InChI is InChI=1S/C20H28N4O4/c1-19(9-13-28-20(17(19)26)7-10-21-11-8-20)23-16(25)6-12-24-15-5-3-2-4-14(15)22-18(24)27/h2-5,17,21,26H,6-13H2,1H3,(H,22,27)(H,23,25)/t17-,19+/m0/s1. The Morgan fingerprint density at radius 2 is 2.07 bits per heavy atom. The predicted molar refractivity (Wildman–Crippen MR) is 105 cm³/mol. The molecule has 4 N–H and O–H groups in total. The summed E-state index contributed by atoms with van der Waals surface area (Å²) < 4.78 is 7.56. The Hall–Kier alpha value is -2.16. The fourth-order valence-corrected chi connectivity index (χ4v) is 4.58. The monoisotopic (exact) mass is 388 g/mol. The van der Waals surface area contributed by atoms with Crippen molar-refractivity contribution in [2.75, 3.05) is 19.7 Å². The highest BCUT2D eigenvalue weighted by Crippen LogP contribution is 2.38. The first-order chi connectivity index (χ1) is 13.4. The molecular weight excluding hydrogens is 360 g/mol. The van der Waals surface area contributed by atoms with Gasteiger partial charge in [-0.25, -0.2) is 4.79 Å². The zero-order valence-electron chi connectivity index (χ0n) is 16.2. The second kappa shape index (κ2) is 7.35. The lowest BCUT2D eigenvalue weighted by Crippen LogP contribution is -2.69. The summed E-state index contributed by atoms with van der Waals surface area (Å²) in [4.78, 5) is 27.6. The number of fused-ring (bicyclic) bond motifs is 1. The average molecular weight is 388 g/mol. The zero-order chi connectivity index (χ0) is 19.8. The third-order valence-electron chi connectivity index (χ3n) is 6.23. The van der Waals surface area contributed by atoms with Gasteiger partial charge in [0.1, 0.15) is 6.10 Å². The van der Waals surface area contributed by atoms with Gasteiger partial charge in [-0.15, -0.1) is 0 Å². The lowest BCUT2D eigenvalue weighted by atomic mass is 9.73. The highest BCUT2D eigenvalue weighted by molar-refractivity contribution is 5.78. The number of aliphatic hydroxyl groups excluding tert-OH is 1. The van der Waals surface area contributed by atoms with Crippen molar-refractivity contribution in [3.05, 3.63) is 34.7 Å². The molecular formula is C20H28N4O4. The van der Waals surface area contributed by atoms with E-state index in [1.165, 1.54) is 0 Å². The van der Waals surface area contributed by atoms with Crippen molar-refractivity contribution >= 4 is 16.9 Å². The molecule has 4 rings (SSSR count). The Kier molecular flexibility index (Phi) is 5.03. The molecule has 0 unspecified atom stereocenters. The maximum absolute atomic E-state index is 12.7. The second-order valence-electron chi connectivity index (χ2n) is 8.13. The van der Waals surface area contributed by atoms with Gasteiger partial charge in [-0.1, -0.05) is 12.1 Å². The van der Waals surface area contributed by atoms with Crippen molar-refractivity contribution in [3.8, 4) is 0 Å². The van der Waals surface area contributed by atoms with Crippen molar-refractivity contribution in [3.63, 3.8) is 0 Å². The summed E-state index contributed by atoms with van der Waals surface area (Å²) in [7, 11) is 0. The van der Waals surface area contributed by atoms with Gasteiger partial charge in [0.05, 0.1) is 22.2 Å². The molecule has 8 heteroatoms. The molecule has 2 saturated heterocycles. The van der Waals surface area contributed by atoms with E-state index in [0.29, 0.717) is 13.0 Å². The van der Waals surface area contributed by atoms with E-state index in [0.717, 1.165) is 37.0 Å². The number of amides is 1. The molecule has 2 fully saturated rings. The van der Waals surface area contributed by atoms with Gasteiger partial charge < -0.3 is 25.5 Å². The normalized spacial score (nSPS) is 27.1. The fraction of sp³-hybridized carbons (Fsp3) is 0.600. The van der Waals surface area contributed by atoms with Crippen LogP contribution in [0.15, 0.2) is 29.1 Å². The predicted octanol–water partition coefficient (Wildman–Crippen LogP) is 0.498. The van der Waals surface area contributed by atoms with Crippen LogP contribution in [0.1, 0.15) is 32.6 Å². The van der Waals surface area contributed by atoms with Crippen molar-refractivity contribution in [2.45, 2.75) is 56.4 Å². The molecule has 2 aliphatic heterocycles. The van der Waals surface area contributed by atoms with E-state index in [4.69, 9.17) is 4.74 Å². The van der Waals surface area contributed by atoms with Crippen LogP contribution in [-0.4, -0.2) is 57.5 Å². The number of aryl methyl sites for hydroxylation is 1. The molecule has 8 nitrogen and oxygen atoms in total. The third-order valence-corrected chi connectivity index (χ3v) is 6.23. The highest BCUT2D eigenvalue weighted by atomic mass is 16.5. The fourth-order valence-electron chi connectivity index (χ4n) is 4.58. The number of hydrogen-bond donors (Lipinski definition) is 4. The number of aromatic nitrogens is 2. The van der Waals surface area contributed by atoms with Gasteiger partial charge in [0.25, 0.3) is 0 Å². The highest BCUT2D eigenvalue weighted by Gasteiger charge is 2.52. The smallest absolute Gasteiger partial charge is 0.326 e. The van der Waals surface area contributed by atoms with Crippen LogP contribution in [0, 0.1) is 0 Å². The second-order valence-corrected chi connectivity index (χ2v) is 8.13. The number of aliphatic hydroxyl groups is 1.